The monoisotopic (exact) mass is 231 g/mol. The second-order valence-electron chi connectivity index (χ2n) is 2.72. The highest BCUT2D eigenvalue weighted by molar-refractivity contribution is 7.51. The Morgan fingerprint density at radius 3 is 2.47 bits per heavy atom. The van der Waals surface area contributed by atoms with Crippen LogP contribution in [0.2, 0.25) is 0 Å². The van der Waals surface area contributed by atoms with Crippen molar-refractivity contribution in [3.63, 3.8) is 0 Å². The van der Waals surface area contributed by atoms with Crippen LogP contribution in [0.4, 0.5) is 10.5 Å². The van der Waals surface area contributed by atoms with Gasteiger partial charge >= 0.3 is 13.7 Å². The van der Waals surface area contributed by atoms with Crippen molar-refractivity contribution in [2.24, 2.45) is 0 Å². The van der Waals surface area contributed by atoms with Gasteiger partial charge in [0.1, 0.15) is 0 Å². The van der Waals surface area contributed by atoms with Gasteiger partial charge in [0.05, 0.1) is 0 Å². The molecule has 0 bridgehead atoms. The second kappa shape index (κ2) is 4.93. The molecule has 7 heteroatoms. The molecule has 0 atom stereocenters. The van der Waals surface area contributed by atoms with Gasteiger partial charge in [-0.1, -0.05) is 18.2 Å². The van der Waals surface area contributed by atoms with Crippen LogP contribution in [0.15, 0.2) is 30.3 Å². The normalized spacial score (nSPS) is 10.8. The Morgan fingerprint density at radius 2 is 1.93 bits per heavy atom. The molecule has 0 spiro atoms. The molecule has 0 radical (unpaired) electrons. The van der Waals surface area contributed by atoms with E-state index in [4.69, 9.17) is 9.79 Å². The Hall–Kier alpha value is -1.36. The summed E-state index contributed by atoms with van der Waals surface area (Å²) in [5.74, 6) is 0. The van der Waals surface area contributed by atoms with Gasteiger partial charge in [-0.25, -0.2) is 4.79 Å². The van der Waals surface area contributed by atoms with Crippen molar-refractivity contribution in [1.29, 1.82) is 0 Å². The van der Waals surface area contributed by atoms with Crippen LogP contribution in [0.5, 0.6) is 0 Å². The van der Waals surface area contributed by atoms with Crippen LogP contribution in [-0.2, 0) is 9.30 Å². The van der Waals surface area contributed by atoms with E-state index >= 15 is 0 Å². The molecule has 0 heterocycles. The number of carbonyl (C=O) groups excluding carboxylic acids is 1. The molecule has 1 amide bonds. The summed E-state index contributed by atoms with van der Waals surface area (Å²) in [4.78, 5) is 27.9. The first-order valence-corrected chi connectivity index (χ1v) is 5.80. The lowest BCUT2D eigenvalue weighted by atomic mass is 10.3. The van der Waals surface area contributed by atoms with Crippen molar-refractivity contribution in [2.45, 2.75) is 0 Å². The van der Waals surface area contributed by atoms with Gasteiger partial charge in [-0.05, 0) is 12.1 Å². The molecular formula is C8H10NO5P. The average molecular weight is 231 g/mol. The lowest BCUT2D eigenvalue weighted by molar-refractivity contribution is 0.171. The van der Waals surface area contributed by atoms with Gasteiger partial charge in [-0.3, -0.25) is 9.88 Å². The number of rotatable bonds is 3. The fourth-order valence-electron chi connectivity index (χ4n) is 0.818. The SMILES string of the molecule is O=C(Nc1ccccc1)OCP(=O)(O)O. The van der Waals surface area contributed by atoms with E-state index in [9.17, 15) is 9.36 Å². The fourth-order valence-corrected chi connectivity index (χ4v) is 1.10. The van der Waals surface area contributed by atoms with Crippen LogP contribution in [0.1, 0.15) is 0 Å². The molecule has 6 nitrogen and oxygen atoms in total. The maximum Gasteiger partial charge on any atom is 0.412 e. The highest BCUT2D eigenvalue weighted by Crippen LogP contribution is 2.33. The first-order chi connectivity index (χ1) is 6.97. The molecule has 0 fully saturated rings. The van der Waals surface area contributed by atoms with E-state index < -0.39 is 20.0 Å². The molecule has 1 rings (SSSR count). The van der Waals surface area contributed by atoms with Crippen molar-refractivity contribution in [3.05, 3.63) is 30.3 Å². The summed E-state index contributed by atoms with van der Waals surface area (Å²) in [6, 6.07) is 8.43. The Bertz CT molecular complexity index is 374. The molecule has 15 heavy (non-hydrogen) atoms. The third-order valence-corrected chi connectivity index (χ3v) is 1.85. The quantitative estimate of drug-likeness (QED) is 0.682. The minimum absolute atomic E-state index is 0.494. The summed E-state index contributed by atoms with van der Waals surface area (Å²) in [5, 5.41) is 2.31. The molecule has 0 aromatic heterocycles. The molecular weight excluding hydrogens is 221 g/mol. The van der Waals surface area contributed by atoms with E-state index in [0.717, 1.165) is 0 Å². The Morgan fingerprint density at radius 1 is 1.33 bits per heavy atom. The summed E-state index contributed by atoms with van der Waals surface area (Å²) < 4.78 is 14.7. The van der Waals surface area contributed by atoms with Crippen molar-refractivity contribution in [1.82, 2.24) is 0 Å². The fraction of sp³-hybridized carbons (Fsp3) is 0.125. The molecule has 0 saturated heterocycles. The number of nitrogens with one attached hydrogen (secondary N) is 1. The van der Waals surface area contributed by atoms with Gasteiger partial charge < -0.3 is 14.5 Å². The van der Waals surface area contributed by atoms with E-state index in [2.05, 4.69) is 10.1 Å². The van der Waals surface area contributed by atoms with Crippen LogP contribution in [0.3, 0.4) is 0 Å². The standard InChI is InChI=1S/C8H10NO5P/c10-8(14-6-15(11,12)13)9-7-4-2-1-3-5-7/h1-5H,6H2,(H,9,10)(H2,11,12,13). The number of anilines is 1. The number of para-hydroxylation sites is 1. The first kappa shape index (κ1) is 11.7. The Kier molecular flexibility index (Phi) is 3.85. The molecule has 0 aliphatic heterocycles. The minimum Gasteiger partial charge on any atom is -0.436 e. The largest absolute Gasteiger partial charge is 0.436 e. The molecule has 3 N–H and O–H groups in total. The van der Waals surface area contributed by atoms with Gasteiger partial charge in [-0.15, -0.1) is 0 Å². The zero-order valence-corrected chi connectivity index (χ0v) is 8.55. The van der Waals surface area contributed by atoms with E-state index in [1.165, 1.54) is 0 Å². The van der Waals surface area contributed by atoms with Gasteiger partial charge in [-0.2, -0.15) is 0 Å². The zero-order chi connectivity index (χ0) is 11.3. The first-order valence-electron chi connectivity index (χ1n) is 4.01. The number of hydrogen-bond acceptors (Lipinski definition) is 3. The van der Waals surface area contributed by atoms with Gasteiger partial charge in [0, 0.05) is 5.69 Å². The van der Waals surface area contributed by atoms with Gasteiger partial charge in [0.2, 0.25) is 0 Å². The Labute approximate surface area is 86.0 Å². The third-order valence-electron chi connectivity index (χ3n) is 1.38. The molecule has 82 valence electrons. The topological polar surface area (TPSA) is 95.9 Å². The molecule has 0 aliphatic carbocycles. The van der Waals surface area contributed by atoms with Gasteiger partial charge in [0.15, 0.2) is 6.35 Å². The summed E-state index contributed by atoms with van der Waals surface area (Å²) in [6.45, 7) is 0. The van der Waals surface area contributed by atoms with E-state index in [0.29, 0.717) is 5.69 Å². The van der Waals surface area contributed by atoms with Crippen molar-refractivity contribution >= 4 is 19.4 Å². The molecule has 0 unspecified atom stereocenters. The van der Waals surface area contributed by atoms with Crippen LogP contribution in [0, 0.1) is 0 Å². The highest BCUT2D eigenvalue weighted by atomic mass is 31.2. The lowest BCUT2D eigenvalue weighted by Gasteiger charge is -2.07. The molecule has 0 aliphatic rings. The van der Waals surface area contributed by atoms with Crippen molar-refractivity contribution in [2.75, 3.05) is 11.7 Å². The zero-order valence-electron chi connectivity index (χ0n) is 7.66. The smallest absolute Gasteiger partial charge is 0.412 e. The number of ether oxygens (including phenoxy) is 1. The van der Waals surface area contributed by atoms with Crippen molar-refractivity contribution < 1.29 is 23.9 Å². The number of amides is 1. The number of carbonyl (C=O) groups is 1. The summed E-state index contributed by atoms with van der Waals surface area (Å²) >= 11 is 0. The van der Waals surface area contributed by atoms with Gasteiger partial charge in [0.25, 0.3) is 0 Å². The maximum atomic E-state index is 11.0. The van der Waals surface area contributed by atoms with Crippen LogP contribution < -0.4 is 5.32 Å². The average Bonchev–Trinajstić information content (AvgIpc) is 2.15. The number of hydrogen-bond donors (Lipinski definition) is 3. The predicted octanol–water partition coefficient (Wildman–Crippen LogP) is 1.37. The predicted molar refractivity (Wildman–Crippen MR) is 53.5 cm³/mol. The van der Waals surface area contributed by atoms with Crippen LogP contribution in [-0.4, -0.2) is 22.2 Å². The summed E-state index contributed by atoms with van der Waals surface area (Å²) in [5.41, 5.74) is 0.494. The number of benzene rings is 1. The van der Waals surface area contributed by atoms with Crippen molar-refractivity contribution in [3.8, 4) is 0 Å². The van der Waals surface area contributed by atoms with Crippen LogP contribution in [0.25, 0.3) is 0 Å². The lowest BCUT2D eigenvalue weighted by Crippen LogP contribution is -2.14. The second-order valence-corrected chi connectivity index (χ2v) is 4.30. The maximum absolute atomic E-state index is 11.0. The summed E-state index contributed by atoms with van der Waals surface area (Å²) in [6.07, 6.45) is -1.82. The van der Waals surface area contributed by atoms with E-state index in [1.54, 1.807) is 30.3 Å². The Balaban J connectivity index is 2.41. The summed E-state index contributed by atoms with van der Waals surface area (Å²) in [7, 11) is -4.31. The molecule has 0 saturated carbocycles. The van der Waals surface area contributed by atoms with E-state index in [-0.39, 0.29) is 0 Å². The molecule has 1 aromatic rings. The molecule has 1 aromatic carbocycles. The van der Waals surface area contributed by atoms with Crippen LogP contribution >= 0.6 is 7.60 Å². The van der Waals surface area contributed by atoms with E-state index in [1.807, 2.05) is 0 Å². The highest BCUT2D eigenvalue weighted by Gasteiger charge is 2.16. The third kappa shape index (κ3) is 5.17. The minimum atomic E-state index is -4.31.